The van der Waals surface area contributed by atoms with E-state index in [0.717, 1.165) is 12.8 Å². The van der Waals surface area contributed by atoms with Crippen LogP contribution in [0.15, 0.2) is 18.2 Å². The maximum atomic E-state index is 12.7. The van der Waals surface area contributed by atoms with Crippen LogP contribution in [0.3, 0.4) is 0 Å². The van der Waals surface area contributed by atoms with E-state index in [1.807, 2.05) is 0 Å². The normalized spacial score (nSPS) is 14.9. The molecule has 0 aliphatic heterocycles. The Morgan fingerprint density at radius 3 is 2.57 bits per heavy atom. The number of alkyl halides is 3. The molecule has 1 saturated carbocycles. The smallest absolute Gasteiger partial charge is 0.397 e. The van der Waals surface area contributed by atoms with Crippen LogP contribution < -0.4 is 16.0 Å². The number of carbonyl (C=O) groups excluding carboxylic acids is 1. The molecule has 1 aliphatic carbocycles. The van der Waals surface area contributed by atoms with Gasteiger partial charge in [0.15, 0.2) is 0 Å². The molecule has 1 aromatic rings. The lowest BCUT2D eigenvalue weighted by Gasteiger charge is -2.27. The third kappa shape index (κ3) is 4.03. The first-order valence-electron chi connectivity index (χ1n) is 6.83. The maximum absolute atomic E-state index is 12.7. The Bertz CT molecular complexity index is 527. The molecule has 0 saturated heterocycles. The molecule has 0 unspecified atom stereocenters. The second-order valence-electron chi connectivity index (χ2n) is 5.11. The molecule has 21 heavy (non-hydrogen) atoms. The average molecular weight is 301 g/mol. The van der Waals surface area contributed by atoms with Crippen molar-refractivity contribution < 1.29 is 18.0 Å². The molecule has 1 aromatic carbocycles. The standard InChI is InChI=1S/C14H18F3N3O/c1-2-19-13(21)9-3-6-12(11(18)7-9)20(10-4-5-10)8-14(15,16)17/h3,6-7,10H,2,4-5,8,18H2,1H3,(H,19,21). The number of carbonyl (C=O) groups is 1. The van der Waals surface area contributed by atoms with Gasteiger partial charge in [0.05, 0.1) is 11.4 Å². The van der Waals surface area contributed by atoms with Crippen molar-refractivity contribution in [1.29, 1.82) is 0 Å². The van der Waals surface area contributed by atoms with Gasteiger partial charge in [0.25, 0.3) is 5.91 Å². The van der Waals surface area contributed by atoms with Gasteiger partial charge in [-0.2, -0.15) is 13.2 Å². The predicted molar refractivity (Wildman–Crippen MR) is 75.3 cm³/mol. The Kier molecular flexibility index (Phi) is 4.29. The Labute approximate surface area is 121 Å². The van der Waals surface area contributed by atoms with E-state index in [4.69, 9.17) is 5.73 Å². The minimum atomic E-state index is -4.28. The molecule has 116 valence electrons. The summed E-state index contributed by atoms with van der Waals surface area (Å²) in [6.45, 7) is 1.24. The van der Waals surface area contributed by atoms with Crippen molar-refractivity contribution in [3.05, 3.63) is 23.8 Å². The second-order valence-corrected chi connectivity index (χ2v) is 5.11. The van der Waals surface area contributed by atoms with Crippen LogP contribution in [0, 0.1) is 0 Å². The molecule has 4 nitrogen and oxygen atoms in total. The highest BCUT2D eigenvalue weighted by molar-refractivity contribution is 5.96. The number of benzene rings is 1. The lowest BCUT2D eigenvalue weighted by Crippen LogP contribution is -2.36. The molecule has 0 heterocycles. The van der Waals surface area contributed by atoms with Crippen molar-refractivity contribution >= 4 is 17.3 Å². The van der Waals surface area contributed by atoms with Gasteiger partial charge in [-0.25, -0.2) is 0 Å². The zero-order valence-corrected chi connectivity index (χ0v) is 11.7. The summed E-state index contributed by atoms with van der Waals surface area (Å²) in [5.41, 5.74) is 6.73. The first kappa shape index (κ1) is 15.5. The summed E-state index contributed by atoms with van der Waals surface area (Å²) in [7, 11) is 0. The third-order valence-electron chi connectivity index (χ3n) is 3.27. The van der Waals surface area contributed by atoms with Crippen LogP contribution >= 0.6 is 0 Å². The fraction of sp³-hybridized carbons (Fsp3) is 0.500. The van der Waals surface area contributed by atoms with Gasteiger partial charge < -0.3 is 16.0 Å². The van der Waals surface area contributed by atoms with Crippen LogP contribution in [0.25, 0.3) is 0 Å². The molecule has 1 aliphatic rings. The highest BCUT2D eigenvalue weighted by Crippen LogP contribution is 2.37. The fourth-order valence-corrected chi connectivity index (χ4v) is 2.21. The molecule has 0 radical (unpaired) electrons. The van der Waals surface area contributed by atoms with E-state index in [-0.39, 0.29) is 17.6 Å². The van der Waals surface area contributed by atoms with Gasteiger partial charge in [0, 0.05) is 18.2 Å². The Morgan fingerprint density at radius 2 is 2.10 bits per heavy atom. The number of halogens is 3. The fourth-order valence-electron chi connectivity index (χ4n) is 2.21. The van der Waals surface area contributed by atoms with E-state index >= 15 is 0 Å². The summed E-state index contributed by atoms with van der Waals surface area (Å²) >= 11 is 0. The van der Waals surface area contributed by atoms with E-state index in [2.05, 4.69) is 5.32 Å². The monoisotopic (exact) mass is 301 g/mol. The molecule has 0 spiro atoms. The largest absolute Gasteiger partial charge is 0.405 e. The Balaban J connectivity index is 2.23. The van der Waals surface area contributed by atoms with Gasteiger partial charge in [-0.15, -0.1) is 0 Å². The summed E-state index contributed by atoms with van der Waals surface area (Å²) in [4.78, 5) is 13.0. The number of nitrogens with two attached hydrogens (primary N) is 1. The van der Waals surface area contributed by atoms with E-state index < -0.39 is 12.7 Å². The van der Waals surface area contributed by atoms with Crippen molar-refractivity contribution in [2.75, 3.05) is 23.7 Å². The summed E-state index contributed by atoms with van der Waals surface area (Å²) in [6.07, 6.45) is -2.82. The number of nitrogens with zero attached hydrogens (tertiary/aromatic N) is 1. The lowest BCUT2D eigenvalue weighted by molar-refractivity contribution is -0.119. The van der Waals surface area contributed by atoms with Crippen molar-refractivity contribution in [3.63, 3.8) is 0 Å². The zero-order chi connectivity index (χ0) is 15.6. The summed E-state index contributed by atoms with van der Waals surface area (Å²) in [5, 5.41) is 2.62. The molecular formula is C14H18F3N3O. The number of nitrogen functional groups attached to an aromatic ring is 1. The van der Waals surface area contributed by atoms with Crippen molar-refractivity contribution in [3.8, 4) is 0 Å². The summed E-state index contributed by atoms with van der Waals surface area (Å²) < 4.78 is 38.0. The van der Waals surface area contributed by atoms with Gasteiger partial charge in [0.2, 0.25) is 0 Å². The number of rotatable bonds is 5. The number of anilines is 2. The maximum Gasteiger partial charge on any atom is 0.405 e. The van der Waals surface area contributed by atoms with Crippen molar-refractivity contribution in [2.24, 2.45) is 0 Å². The Morgan fingerprint density at radius 1 is 1.43 bits per heavy atom. The number of hydrogen-bond donors (Lipinski definition) is 2. The quantitative estimate of drug-likeness (QED) is 0.822. The SMILES string of the molecule is CCNC(=O)c1ccc(N(CC(F)(F)F)C2CC2)c(N)c1. The number of amides is 1. The molecule has 7 heteroatoms. The predicted octanol–water partition coefficient (Wildman–Crippen LogP) is 2.55. The second kappa shape index (κ2) is 5.83. The Hall–Kier alpha value is -1.92. The molecular weight excluding hydrogens is 283 g/mol. The lowest BCUT2D eigenvalue weighted by atomic mass is 10.1. The van der Waals surface area contributed by atoms with Gasteiger partial charge in [0.1, 0.15) is 6.54 Å². The van der Waals surface area contributed by atoms with Gasteiger partial charge in [-0.05, 0) is 38.0 Å². The van der Waals surface area contributed by atoms with E-state index in [1.165, 1.54) is 23.1 Å². The molecule has 0 atom stereocenters. The van der Waals surface area contributed by atoms with Crippen molar-refractivity contribution in [2.45, 2.75) is 32.0 Å². The van der Waals surface area contributed by atoms with E-state index in [0.29, 0.717) is 17.8 Å². The summed E-state index contributed by atoms with van der Waals surface area (Å²) in [5.74, 6) is -0.287. The van der Waals surface area contributed by atoms with Gasteiger partial charge in [-0.3, -0.25) is 4.79 Å². The van der Waals surface area contributed by atoms with Crippen molar-refractivity contribution in [1.82, 2.24) is 5.32 Å². The van der Waals surface area contributed by atoms with E-state index in [9.17, 15) is 18.0 Å². The summed E-state index contributed by atoms with van der Waals surface area (Å²) in [6, 6.07) is 4.29. The zero-order valence-electron chi connectivity index (χ0n) is 11.7. The molecule has 3 N–H and O–H groups in total. The topological polar surface area (TPSA) is 58.4 Å². The molecule has 2 rings (SSSR count). The molecule has 0 bridgehead atoms. The minimum Gasteiger partial charge on any atom is -0.397 e. The number of nitrogens with one attached hydrogen (secondary N) is 1. The average Bonchev–Trinajstić information content (AvgIpc) is 3.19. The molecule has 1 fully saturated rings. The minimum absolute atomic E-state index is 0.121. The highest BCUT2D eigenvalue weighted by Gasteiger charge is 2.38. The van der Waals surface area contributed by atoms with Gasteiger partial charge in [-0.1, -0.05) is 0 Å². The first-order chi connectivity index (χ1) is 9.81. The molecule has 0 aromatic heterocycles. The molecule has 1 amide bonds. The van der Waals surface area contributed by atoms with Crippen LogP contribution in [0.4, 0.5) is 24.5 Å². The van der Waals surface area contributed by atoms with Crippen LogP contribution in [-0.4, -0.2) is 31.2 Å². The van der Waals surface area contributed by atoms with Crippen LogP contribution in [0.2, 0.25) is 0 Å². The van der Waals surface area contributed by atoms with Crippen LogP contribution in [-0.2, 0) is 0 Å². The number of hydrogen-bond acceptors (Lipinski definition) is 3. The van der Waals surface area contributed by atoms with E-state index in [1.54, 1.807) is 6.92 Å². The highest BCUT2D eigenvalue weighted by atomic mass is 19.4. The van der Waals surface area contributed by atoms with Crippen LogP contribution in [0.5, 0.6) is 0 Å². The first-order valence-corrected chi connectivity index (χ1v) is 6.83. The van der Waals surface area contributed by atoms with Gasteiger partial charge >= 0.3 is 6.18 Å². The van der Waals surface area contributed by atoms with Crippen LogP contribution in [0.1, 0.15) is 30.1 Å². The third-order valence-corrected chi connectivity index (χ3v) is 3.27.